The molecule has 4 nitrogen and oxygen atoms in total. The molecule has 0 radical (unpaired) electrons. The maximum atomic E-state index is 12.3. The summed E-state index contributed by atoms with van der Waals surface area (Å²) >= 11 is 1.64. The van der Waals surface area contributed by atoms with Crippen LogP contribution in [0.1, 0.15) is 43.1 Å². The molecular formula is C16H21N3OS. The van der Waals surface area contributed by atoms with Crippen LogP contribution >= 0.6 is 11.8 Å². The number of hydrogen-bond donors (Lipinski definition) is 1. The largest absolute Gasteiger partial charge is 0.350 e. The number of thioether (sulfide) groups is 1. The molecule has 1 aliphatic rings. The van der Waals surface area contributed by atoms with E-state index in [9.17, 15) is 4.79 Å². The lowest BCUT2D eigenvalue weighted by molar-refractivity contribution is 0.0934. The lowest BCUT2D eigenvalue weighted by Crippen LogP contribution is -2.32. The van der Waals surface area contributed by atoms with Crippen LogP contribution in [0.2, 0.25) is 0 Å². The minimum absolute atomic E-state index is 0.0889. The van der Waals surface area contributed by atoms with Gasteiger partial charge in [-0.25, -0.2) is 4.98 Å². The summed E-state index contributed by atoms with van der Waals surface area (Å²) in [4.78, 5) is 17.4. The minimum atomic E-state index is -0.0889. The van der Waals surface area contributed by atoms with Crippen LogP contribution in [0.5, 0.6) is 0 Å². The zero-order chi connectivity index (χ0) is 15.1. The molecule has 2 rings (SSSR count). The molecule has 1 saturated carbocycles. The van der Waals surface area contributed by atoms with Crippen LogP contribution in [0.25, 0.3) is 0 Å². The van der Waals surface area contributed by atoms with E-state index in [2.05, 4.69) is 23.3 Å². The first kappa shape index (κ1) is 15.8. The predicted molar refractivity (Wildman–Crippen MR) is 84.0 cm³/mol. The monoisotopic (exact) mass is 303 g/mol. The maximum Gasteiger partial charge on any atom is 0.271 e. The molecule has 0 bridgehead atoms. The average molecular weight is 303 g/mol. The number of nitriles is 1. The molecule has 0 aromatic carbocycles. The van der Waals surface area contributed by atoms with E-state index in [0.29, 0.717) is 18.2 Å². The van der Waals surface area contributed by atoms with E-state index in [-0.39, 0.29) is 11.8 Å². The second kappa shape index (κ2) is 8.04. The Balaban J connectivity index is 1.87. The van der Waals surface area contributed by atoms with Crippen molar-refractivity contribution in [2.75, 3.05) is 12.3 Å². The Labute approximate surface area is 130 Å². The molecule has 1 fully saturated rings. The molecule has 0 spiro atoms. The quantitative estimate of drug-likeness (QED) is 0.848. The van der Waals surface area contributed by atoms with Gasteiger partial charge in [-0.15, -0.1) is 11.8 Å². The van der Waals surface area contributed by atoms with Crippen molar-refractivity contribution in [3.05, 3.63) is 24.0 Å². The first-order valence-electron chi connectivity index (χ1n) is 7.50. The number of carbonyl (C=O) groups is 1. The van der Waals surface area contributed by atoms with Gasteiger partial charge in [0.1, 0.15) is 5.69 Å². The number of amides is 1. The van der Waals surface area contributed by atoms with E-state index in [4.69, 9.17) is 5.26 Å². The summed E-state index contributed by atoms with van der Waals surface area (Å²) in [6.07, 6.45) is 5.62. The van der Waals surface area contributed by atoms with Gasteiger partial charge in [0.05, 0.1) is 6.07 Å². The van der Waals surface area contributed by atoms with E-state index in [1.54, 1.807) is 18.0 Å². The molecule has 21 heavy (non-hydrogen) atoms. The third kappa shape index (κ3) is 4.47. The van der Waals surface area contributed by atoms with Crippen molar-refractivity contribution in [1.82, 2.24) is 10.3 Å². The van der Waals surface area contributed by atoms with Gasteiger partial charge in [-0.1, -0.05) is 6.92 Å². The van der Waals surface area contributed by atoms with Gasteiger partial charge >= 0.3 is 0 Å². The fourth-order valence-corrected chi connectivity index (χ4v) is 3.42. The molecule has 1 heterocycles. The number of hydrogen-bond acceptors (Lipinski definition) is 4. The fourth-order valence-electron chi connectivity index (χ4n) is 2.65. The first-order chi connectivity index (χ1) is 10.2. The highest BCUT2D eigenvalue weighted by atomic mass is 32.2. The van der Waals surface area contributed by atoms with Crippen LogP contribution in [0.15, 0.2) is 23.2 Å². The van der Waals surface area contributed by atoms with Crippen molar-refractivity contribution in [3.8, 4) is 6.07 Å². The van der Waals surface area contributed by atoms with Crippen molar-refractivity contribution in [2.45, 2.75) is 37.5 Å². The normalized spacial score (nSPS) is 21.5. The Bertz CT molecular complexity index is 518. The molecule has 0 unspecified atom stereocenters. The van der Waals surface area contributed by atoms with Gasteiger partial charge in [0.15, 0.2) is 0 Å². The van der Waals surface area contributed by atoms with Crippen molar-refractivity contribution >= 4 is 17.7 Å². The molecule has 0 saturated heterocycles. The third-order valence-electron chi connectivity index (χ3n) is 3.87. The lowest BCUT2D eigenvalue weighted by Gasteiger charge is -2.24. The smallest absolute Gasteiger partial charge is 0.271 e. The summed E-state index contributed by atoms with van der Waals surface area (Å²) in [5.41, 5.74) is 0.523. The number of pyridine rings is 1. The van der Waals surface area contributed by atoms with E-state index in [1.165, 1.54) is 0 Å². The highest BCUT2D eigenvalue weighted by Crippen LogP contribution is 2.28. The van der Waals surface area contributed by atoms with Gasteiger partial charge in [-0.2, -0.15) is 5.26 Å². The van der Waals surface area contributed by atoms with E-state index < -0.39 is 0 Å². The number of nitrogens with zero attached hydrogens (tertiary/aromatic N) is 2. The topological polar surface area (TPSA) is 65.8 Å². The van der Waals surface area contributed by atoms with Crippen LogP contribution in [-0.4, -0.2) is 23.2 Å². The van der Waals surface area contributed by atoms with Crippen LogP contribution in [0, 0.1) is 23.2 Å². The molecule has 1 amide bonds. The van der Waals surface area contributed by atoms with Crippen LogP contribution in [-0.2, 0) is 0 Å². The van der Waals surface area contributed by atoms with Gasteiger partial charge in [-0.3, -0.25) is 4.79 Å². The third-order valence-corrected chi connectivity index (χ3v) is 4.80. The Morgan fingerprint density at radius 3 is 2.90 bits per heavy atom. The lowest BCUT2D eigenvalue weighted by atomic mass is 9.83. The molecule has 112 valence electrons. The van der Waals surface area contributed by atoms with Gasteiger partial charge in [-0.05, 0) is 49.5 Å². The molecule has 1 aromatic heterocycles. The highest BCUT2D eigenvalue weighted by molar-refractivity contribution is 7.99. The number of carbonyl (C=O) groups excluding carboxylic acids is 1. The summed E-state index contributed by atoms with van der Waals surface area (Å²) in [5, 5.41) is 11.9. The fraction of sp³-hybridized carbons (Fsp3) is 0.562. The second-order valence-corrected chi connectivity index (χ2v) is 6.65. The number of rotatable bonds is 5. The van der Waals surface area contributed by atoms with Gasteiger partial charge < -0.3 is 5.32 Å². The van der Waals surface area contributed by atoms with Crippen molar-refractivity contribution < 1.29 is 4.79 Å². The van der Waals surface area contributed by atoms with E-state index in [1.807, 2.05) is 12.1 Å². The molecular weight excluding hydrogens is 282 g/mol. The average Bonchev–Trinajstić information content (AvgIpc) is 2.54. The molecule has 1 aliphatic carbocycles. The van der Waals surface area contributed by atoms with Crippen molar-refractivity contribution in [3.63, 3.8) is 0 Å². The summed E-state index contributed by atoms with van der Waals surface area (Å²) < 4.78 is 0. The minimum Gasteiger partial charge on any atom is -0.350 e. The molecule has 1 aromatic rings. The molecule has 0 atom stereocenters. The number of nitrogens with one attached hydrogen (secondary N) is 1. The van der Waals surface area contributed by atoms with Crippen LogP contribution in [0.4, 0.5) is 0 Å². The summed E-state index contributed by atoms with van der Waals surface area (Å²) in [5.74, 6) is 1.53. The zero-order valence-corrected chi connectivity index (χ0v) is 13.2. The molecule has 1 N–H and O–H groups in total. The number of aromatic nitrogens is 1. The molecule has 5 heteroatoms. The Kier molecular flexibility index (Phi) is 6.06. The second-order valence-electron chi connectivity index (χ2n) is 5.34. The van der Waals surface area contributed by atoms with Gasteiger partial charge in [0, 0.05) is 23.6 Å². The summed E-state index contributed by atoms with van der Waals surface area (Å²) in [6, 6.07) is 6.13. The SMILES string of the molecule is CCSc1cccnc1C(=O)NCC1CCC(C#N)CC1. The first-order valence-corrected chi connectivity index (χ1v) is 8.48. The zero-order valence-electron chi connectivity index (χ0n) is 12.3. The van der Waals surface area contributed by atoms with Gasteiger partial charge in [0.25, 0.3) is 5.91 Å². The van der Waals surface area contributed by atoms with E-state index >= 15 is 0 Å². The van der Waals surface area contributed by atoms with Crippen LogP contribution < -0.4 is 5.32 Å². The van der Waals surface area contributed by atoms with Gasteiger partial charge in [0.2, 0.25) is 0 Å². The highest BCUT2D eigenvalue weighted by Gasteiger charge is 2.22. The predicted octanol–water partition coefficient (Wildman–Crippen LogP) is 3.25. The summed E-state index contributed by atoms with van der Waals surface area (Å²) in [7, 11) is 0. The Morgan fingerprint density at radius 2 is 2.24 bits per heavy atom. The Hall–Kier alpha value is -1.54. The summed E-state index contributed by atoms with van der Waals surface area (Å²) in [6.45, 7) is 2.75. The standard InChI is InChI=1S/C16H21N3OS/c1-2-21-14-4-3-9-18-15(14)16(20)19-11-13-7-5-12(10-17)6-8-13/h3-4,9,12-13H,2,5-8,11H2,1H3,(H,19,20). The van der Waals surface area contributed by atoms with Crippen molar-refractivity contribution in [1.29, 1.82) is 5.26 Å². The van der Waals surface area contributed by atoms with E-state index in [0.717, 1.165) is 36.3 Å². The van der Waals surface area contributed by atoms with Crippen molar-refractivity contribution in [2.24, 2.45) is 11.8 Å². The van der Waals surface area contributed by atoms with Crippen LogP contribution in [0.3, 0.4) is 0 Å². The molecule has 0 aliphatic heterocycles. The maximum absolute atomic E-state index is 12.3. The Morgan fingerprint density at radius 1 is 1.48 bits per heavy atom.